The number of hydrogen-bond acceptors (Lipinski definition) is 4. The van der Waals surface area contributed by atoms with E-state index in [0.29, 0.717) is 12.1 Å². The minimum atomic E-state index is -0.396. The molecule has 3 N–H and O–H groups in total. The van der Waals surface area contributed by atoms with E-state index in [1.54, 1.807) is 17.4 Å². The topological polar surface area (TPSA) is 68.0 Å². The monoisotopic (exact) mass is 261 g/mol. The second-order valence-electron chi connectivity index (χ2n) is 4.03. The van der Waals surface area contributed by atoms with E-state index < -0.39 is 5.91 Å². The van der Waals surface area contributed by atoms with Gasteiger partial charge in [-0.1, -0.05) is 12.1 Å². The Kier molecular flexibility index (Phi) is 4.07. The molecular formula is C13H15N3OS. The van der Waals surface area contributed by atoms with Crippen LogP contribution in [-0.2, 0) is 13.1 Å². The van der Waals surface area contributed by atoms with Gasteiger partial charge >= 0.3 is 0 Å². The SMILES string of the molecule is Cc1nc(CNCc2cccc(C(N)=O)c2)cs1. The Labute approximate surface area is 110 Å². The molecule has 1 aromatic heterocycles. The molecule has 0 saturated heterocycles. The number of aryl methyl sites for hydroxylation is 1. The van der Waals surface area contributed by atoms with Crippen molar-refractivity contribution in [2.45, 2.75) is 20.0 Å². The number of aromatic nitrogens is 1. The molecule has 4 nitrogen and oxygen atoms in total. The lowest BCUT2D eigenvalue weighted by Gasteiger charge is -2.04. The van der Waals surface area contributed by atoms with Gasteiger partial charge in [-0.3, -0.25) is 4.79 Å². The van der Waals surface area contributed by atoms with Crippen LogP contribution in [0.5, 0.6) is 0 Å². The van der Waals surface area contributed by atoms with Crippen LogP contribution in [0.3, 0.4) is 0 Å². The van der Waals surface area contributed by atoms with Gasteiger partial charge in [-0.05, 0) is 24.6 Å². The average Bonchev–Trinajstić information content (AvgIpc) is 2.75. The van der Waals surface area contributed by atoms with E-state index in [4.69, 9.17) is 5.73 Å². The lowest BCUT2D eigenvalue weighted by Crippen LogP contribution is -2.15. The first-order valence-electron chi connectivity index (χ1n) is 5.65. The van der Waals surface area contributed by atoms with Crippen LogP contribution < -0.4 is 11.1 Å². The fraction of sp³-hybridized carbons (Fsp3) is 0.231. The molecule has 0 aliphatic heterocycles. The molecule has 94 valence electrons. The van der Waals surface area contributed by atoms with E-state index in [1.807, 2.05) is 30.5 Å². The van der Waals surface area contributed by atoms with E-state index in [1.165, 1.54) is 0 Å². The average molecular weight is 261 g/mol. The predicted octanol–water partition coefficient (Wildman–Crippen LogP) is 1.84. The van der Waals surface area contributed by atoms with Crippen LogP contribution in [0, 0.1) is 6.92 Å². The molecule has 1 aromatic carbocycles. The fourth-order valence-electron chi connectivity index (χ4n) is 1.66. The van der Waals surface area contributed by atoms with E-state index >= 15 is 0 Å². The molecular weight excluding hydrogens is 246 g/mol. The van der Waals surface area contributed by atoms with E-state index in [-0.39, 0.29) is 0 Å². The lowest BCUT2D eigenvalue weighted by atomic mass is 10.1. The Bertz CT molecular complexity index is 551. The Morgan fingerprint density at radius 3 is 2.94 bits per heavy atom. The third-order valence-electron chi connectivity index (χ3n) is 2.51. The number of nitrogens with zero attached hydrogens (tertiary/aromatic N) is 1. The van der Waals surface area contributed by atoms with Crippen LogP contribution >= 0.6 is 11.3 Å². The predicted molar refractivity (Wildman–Crippen MR) is 72.4 cm³/mol. The molecule has 1 amide bonds. The quantitative estimate of drug-likeness (QED) is 0.863. The summed E-state index contributed by atoms with van der Waals surface area (Å²) in [5.41, 5.74) is 7.86. The molecule has 0 unspecified atom stereocenters. The third kappa shape index (κ3) is 3.38. The summed E-state index contributed by atoms with van der Waals surface area (Å²) in [6, 6.07) is 7.33. The number of primary amides is 1. The second-order valence-corrected chi connectivity index (χ2v) is 5.09. The van der Waals surface area contributed by atoms with Gasteiger partial charge in [-0.25, -0.2) is 4.98 Å². The minimum absolute atomic E-state index is 0.396. The molecule has 0 atom stereocenters. The lowest BCUT2D eigenvalue weighted by molar-refractivity contribution is 0.1000. The van der Waals surface area contributed by atoms with Gasteiger partial charge in [0.15, 0.2) is 0 Å². The molecule has 2 aromatic rings. The molecule has 2 rings (SSSR count). The van der Waals surface area contributed by atoms with Crippen LogP contribution in [0.25, 0.3) is 0 Å². The number of hydrogen-bond donors (Lipinski definition) is 2. The van der Waals surface area contributed by atoms with Crippen molar-refractivity contribution >= 4 is 17.2 Å². The standard InChI is InChI=1S/C13H15N3OS/c1-9-16-12(8-18-9)7-15-6-10-3-2-4-11(5-10)13(14)17/h2-5,8,15H,6-7H2,1H3,(H2,14,17). The molecule has 0 aliphatic rings. The number of rotatable bonds is 5. The van der Waals surface area contributed by atoms with Gasteiger partial charge < -0.3 is 11.1 Å². The smallest absolute Gasteiger partial charge is 0.248 e. The molecule has 1 heterocycles. The van der Waals surface area contributed by atoms with Crippen molar-refractivity contribution in [3.05, 3.63) is 51.5 Å². The number of thiazole rings is 1. The number of nitrogens with one attached hydrogen (secondary N) is 1. The first kappa shape index (κ1) is 12.7. The minimum Gasteiger partial charge on any atom is -0.366 e. The van der Waals surface area contributed by atoms with Gasteiger partial charge in [0.05, 0.1) is 10.7 Å². The van der Waals surface area contributed by atoms with Gasteiger partial charge in [0.2, 0.25) is 5.91 Å². The summed E-state index contributed by atoms with van der Waals surface area (Å²) in [7, 11) is 0. The number of carbonyl (C=O) groups is 1. The number of benzene rings is 1. The van der Waals surface area contributed by atoms with Crippen molar-refractivity contribution in [1.29, 1.82) is 0 Å². The highest BCUT2D eigenvalue weighted by atomic mass is 32.1. The molecule has 0 radical (unpaired) electrons. The van der Waals surface area contributed by atoms with Crippen molar-refractivity contribution in [3.63, 3.8) is 0 Å². The fourth-order valence-corrected chi connectivity index (χ4v) is 2.27. The molecule has 0 bridgehead atoms. The summed E-state index contributed by atoms with van der Waals surface area (Å²) in [6.45, 7) is 3.41. The molecule has 5 heteroatoms. The summed E-state index contributed by atoms with van der Waals surface area (Å²) in [6.07, 6.45) is 0. The summed E-state index contributed by atoms with van der Waals surface area (Å²) in [4.78, 5) is 15.4. The highest BCUT2D eigenvalue weighted by Crippen LogP contribution is 2.08. The van der Waals surface area contributed by atoms with Crippen molar-refractivity contribution in [1.82, 2.24) is 10.3 Å². The molecule has 0 saturated carbocycles. The maximum atomic E-state index is 11.0. The normalized spacial score (nSPS) is 10.5. The van der Waals surface area contributed by atoms with Crippen molar-refractivity contribution in [2.24, 2.45) is 5.73 Å². The zero-order chi connectivity index (χ0) is 13.0. The summed E-state index contributed by atoms with van der Waals surface area (Å²) in [5, 5.41) is 6.41. The molecule has 0 aliphatic carbocycles. The number of carbonyl (C=O) groups excluding carboxylic acids is 1. The first-order valence-corrected chi connectivity index (χ1v) is 6.53. The maximum absolute atomic E-state index is 11.0. The first-order chi connectivity index (χ1) is 8.65. The number of amides is 1. The van der Waals surface area contributed by atoms with E-state index in [2.05, 4.69) is 10.3 Å². The van der Waals surface area contributed by atoms with Gasteiger partial charge in [-0.2, -0.15) is 0 Å². The van der Waals surface area contributed by atoms with Gasteiger partial charge in [-0.15, -0.1) is 11.3 Å². The Balaban J connectivity index is 1.90. The second kappa shape index (κ2) is 5.75. The summed E-state index contributed by atoms with van der Waals surface area (Å²) in [5.74, 6) is -0.396. The van der Waals surface area contributed by atoms with Crippen molar-refractivity contribution in [3.8, 4) is 0 Å². The molecule has 18 heavy (non-hydrogen) atoms. The number of nitrogens with two attached hydrogens (primary N) is 1. The molecule has 0 fully saturated rings. The van der Waals surface area contributed by atoms with Crippen LogP contribution in [-0.4, -0.2) is 10.9 Å². The maximum Gasteiger partial charge on any atom is 0.248 e. The van der Waals surface area contributed by atoms with Crippen LogP contribution in [0.4, 0.5) is 0 Å². The third-order valence-corrected chi connectivity index (χ3v) is 3.34. The van der Waals surface area contributed by atoms with E-state index in [9.17, 15) is 4.79 Å². The van der Waals surface area contributed by atoms with Crippen LogP contribution in [0.15, 0.2) is 29.6 Å². The van der Waals surface area contributed by atoms with Crippen molar-refractivity contribution in [2.75, 3.05) is 0 Å². The summed E-state index contributed by atoms with van der Waals surface area (Å²) < 4.78 is 0. The van der Waals surface area contributed by atoms with Crippen molar-refractivity contribution < 1.29 is 4.79 Å². The van der Waals surface area contributed by atoms with Crippen LogP contribution in [0.2, 0.25) is 0 Å². The highest BCUT2D eigenvalue weighted by molar-refractivity contribution is 7.09. The van der Waals surface area contributed by atoms with E-state index in [0.717, 1.165) is 22.8 Å². The Hall–Kier alpha value is -1.72. The zero-order valence-corrected chi connectivity index (χ0v) is 11.0. The van der Waals surface area contributed by atoms with Gasteiger partial charge in [0, 0.05) is 24.0 Å². The van der Waals surface area contributed by atoms with Crippen LogP contribution in [0.1, 0.15) is 26.6 Å². The molecule has 0 spiro atoms. The Morgan fingerprint density at radius 1 is 1.44 bits per heavy atom. The Morgan fingerprint density at radius 2 is 2.28 bits per heavy atom. The highest BCUT2D eigenvalue weighted by Gasteiger charge is 2.02. The largest absolute Gasteiger partial charge is 0.366 e. The zero-order valence-electron chi connectivity index (χ0n) is 10.1. The summed E-state index contributed by atoms with van der Waals surface area (Å²) >= 11 is 1.64. The van der Waals surface area contributed by atoms with Gasteiger partial charge in [0.25, 0.3) is 0 Å². The van der Waals surface area contributed by atoms with Gasteiger partial charge in [0.1, 0.15) is 0 Å².